The molecule has 242 valence electrons. The van der Waals surface area contributed by atoms with Crippen molar-refractivity contribution in [1.29, 1.82) is 0 Å². The molecule has 4 saturated carbocycles. The van der Waals surface area contributed by atoms with Gasteiger partial charge in [-0.05, 0) is 69.8 Å². The monoisotopic (exact) mass is 598 g/mol. The van der Waals surface area contributed by atoms with Gasteiger partial charge in [-0.25, -0.2) is 4.79 Å². The van der Waals surface area contributed by atoms with Gasteiger partial charge in [0.2, 0.25) is 0 Å². The Labute approximate surface area is 259 Å². The van der Waals surface area contributed by atoms with E-state index in [2.05, 4.69) is 9.80 Å². The van der Waals surface area contributed by atoms with Gasteiger partial charge in [-0.3, -0.25) is 14.6 Å². The molecule has 5 aliphatic rings. The molecule has 5 rings (SSSR count). The fraction of sp³-hybridized carbons (Fsp3) is 0.833. The van der Waals surface area contributed by atoms with Crippen LogP contribution in [-0.2, 0) is 9.59 Å². The van der Waals surface area contributed by atoms with Crippen LogP contribution in [0.25, 0.3) is 0 Å². The standard InChI is InChI=1S/C36H58N2O5/c39-34(40)31-21-22-33(35(41)42)36(43,24-26-38(29-17-9-3-10-18-29)30-19-11-4-12-20-30)32(31)23-25-37(27-13-5-1-6-14-27)28-15-7-2-8-16-28/h21-22,27-30,33,43H,1-20,23-26H2,(H,39,40)(H,41,42). The molecule has 3 N–H and O–H groups in total. The Morgan fingerprint density at radius 3 is 1.42 bits per heavy atom. The molecule has 0 amide bonds. The molecule has 0 saturated heterocycles. The molecule has 5 aliphatic carbocycles. The van der Waals surface area contributed by atoms with Gasteiger partial charge in [0.1, 0.15) is 11.5 Å². The first-order chi connectivity index (χ1) is 20.9. The van der Waals surface area contributed by atoms with Gasteiger partial charge in [0.05, 0.1) is 5.57 Å². The van der Waals surface area contributed by atoms with Gasteiger partial charge >= 0.3 is 11.9 Å². The summed E-state index contributed by atoms with van der Waals surface area (Å²) in [4.78, 5) is 30.5. The SMILES string of the molecule is O=C(O)C1=C(CCN(C2CCCCC2)C2CCCCC2)C(O)(CCN(C2CCCCC2)C2CCCCC2)C(C(=O)O)C=C1. The fourth-order valence-electron chi connectivity index (χ4n) is 9.54. The number of carboxylic acids is 2. The van der Waals surface area contributed by atoms with E-state index in [0.29, 0.717) is 49.3 Å². The third-order valence-corrected chi connectivity index (χ3v) is 11.9. The van der Waals surface area contributed by atoms with Gasteiger partial charge in [0, 0.05) is 37.3 Å². The second kappa shape index (κ2) is 15.5. The van der Waals surface area contributed by atoms with Crippen LogP contribution in [0.4, 0.5) is 0 Å². The molecule has 7 nitrogen and oxygen atoms in total. The van der Waals surface area contributed by atoms with E-state index in [0.717, 1.165) is 25.7 Å². The molecule has 0 bridgehead atoms. The third kappa shape index (κ3) is 7.94. The topological polar surface area (TPSA) is 101 Å². The number of nitrogens with zero attached hydrogens (tertiary/aromatic N) is 2. The number of aliphatic carboxylic acids is 2. The fourth-order valence-corrected chi connectivity index (χ4v) is 9.54. The van der Waals surface area contributed by atoms with Crippen LogP contribution in [0.5, 0.6) is 0 Å². The summed E-state index contributed by atoms with van der Waals surface area (Å²) < 4.78 is 0. The minimum atomic E-state index is -1.71. The van der Waals surface area contributed by atoms with Crippen LogP contribution in [0.15, 0.2) is 23.3 Å². The highest BCUT2D eigenvalue weighted by Crippen LogP contribution is 2.42. The Morgan fingerprint density at radius 1 is 0.651 bits per heavy atom. The van der Waals surface area contributed by atoms with Crippen molar-refractivity contribution in [3.05, 3.63) is 23.3 Å². The molecular weight excluding hydrogens is 540 g/mol. The van der Waals surface area contributed by atoms with Gasteiger partial charge in [-0.2, -0.15) is 0 Å². The van der Waals surface area contributed by atoms with Gasteiger partial charge in [-0.15, -0.1) is 0 Å². The second-order valence-corrected chi connectivity index (χ2v) is 14.4. The largest absolute Gasteiger partial charge is 0.481 e. The lowest BCUT2D eigenvalue weighted by Gasteiger charge is -2.46. The number of rotatable bonds is 12. The van der Waals surface area contributed by atoms with Crippen molar-refractivity contribution < 1.29 is 24.9 Å². The molecule has 7 heteroatoms. The van der Waals surface area contributed by atoms with Gasteiger partial charge in [0.25, 0.3) is 0 Å². The highest BCUT2D eigenvalue weighted by atomic mass is 16.4. The molecule has 0 spiro atoms. The Morgan fingerprint density at radius 2 is 1.05 bits per heavy atom. The molecule has 0 radical (unpaired) electrons. The van der Waals surface area contributed by atoms with E-state index in [1.807, 2.05) is 0 Å². The van der Waals surface area contributed by atoms with E-state index in [9.17, 15) is 24.9 Å². The molecule has 2 unspecified atom stereocenters. The maximum absolute atomic E-state index is 12.7. The first-order valence-corrected chi connectivity index (χ1v) is 18.0. The second-order valence-electron chi connectivity index (χ2n) is 14.4. The molecule has 0 aromatic heterocycles. The third-order valence-electron chi connectivity index (χ3n) is 11.9. The molecule has 0 aromatic carbocycles. The van der Waals surface area contributed by atoms with E-state index < -0.39 is 23.5 Å². The number of hydrogen-bond acceptors (Lipinski definition) is 5. The Balaban J connectivity index is 1.42. The van der Waals surface area contributed by atoms with Crippen molar-refractivity contribution in [2.75, 3.05) is 13.1 Å². The maximum atomic E-state index is 12.7. The lowest BCUT2D eigenvalue weighted by atomic mass is 9.71. The zero-order chi connectivity index (χ0) is 30.2. The first-order valence-electron chi connectivity index (χ1n) is 18.0. The maximum Gasteiger partial charge on any atom is 0.335 e. The van der Waals surface area contributed by atoms with Crippen LogP contribution in [0.3, 0.4) is 0 Å². The average Bonchev–Trinajstić information content (AvgIpc) is 3.03. The zero-order valence-corrected chi connectivity index (χ0v) is 26.6. The van der Waals surface area contributed by atoms with E-state index >= 15 is 0 Å². The molecule has 0 aromatic rings. The molecule has 0 aliphatic heterocycles. The van der Waals surface area contributed by atoms with Crippen LogP contribution in [0.2, 0.25) is 0 Å². The molecule has 2 atom stereocenters. The van der Waals surface area contributed by atoms with Crippen LogP contribution in [0, 0.1) is 5.92 Å². The average molecular weight is 599 g/mol. The normalized spacial score (nSPS) is 29.0. The van der Waals surface area contributed by atoms with Crippen molar-refractivity contribution in [2.45, 2.75) is 171 Å². The summed E-state index contributed by atoms with van der Waals surface area (Å²) in [6, 6.07) is 1.95. The molecule has 4 fully saturated rings. The Kier molecular flexibility index (Phi) is 11.8. The number of carboxylic acid groups (broad SMARTS) is 2. The summed E-state index contributed by atoms with van der Waals surface area (Å²) in [5.74, 6) is -3.27. The molecule has 0 heterocycles. The van der Waals surface area contributed by atoms with Crippen molar-refractivity contribution in [3.8, 4) is 0 Å². The van der Waals surface area contributed by atoms with Crippen molar-refractivity contribution in [3.63, 3.8) is 0 Å². The summed E-state index contributed by atoms with van der Waals surface area (Å²) in [6.45, 7) is 1.31. The Hall–Kier alpha value is -1.70. The summed E-state index contributed by atoms with van der Waals surface area (Å²) in [5, 5.41) is 33.2. The molecule has 43 heavy (non-hydrogen) atoms. The van der Waals surface area contributed by atoms with Crippen molar-refractivity contribution in [2.24, 2.45) is 5.92 Å². The minimum Gasteiger partial charge on any atom is -0.481 e. The smallest absolute Gasteiger partial charge is 0.335 e. The predicted molar refractivity (Wildman–Crippen MR) is 170 cm³/mol. The van der Waals surface area contributed by atoms with E-state index in [1.165, 1.54) is 115 Å². The summed E-state index contributed by atoms with van der Waals surface area (Å²) in [5.41, 5.74) is -1.16. The van der Waals surface area contributed by atoms with E-state index in [1.54, 1.807) is 0 Å². The van der Waals surface area contributed by atoms with Crippen LogP contribution in [0.1, 0.15) is 141 Å². The lowest BCUT2D eigenvalue weighted by Crippen LogP contribution is -2.52. The number of carbonyl (C=O) groups is 2. The quantitative estimate of drug-likeness (QED) is 0.221. The first kappa shape index (κ1) is 32.7. The highest BCUT2D eigenvalue weighted by Gasteiger charge is 2.48. The van der Waals surface area contributed by atoms with Gasteiger partial charge in [0.15, 0.2) is 0 Å². The summed E-state index contributed by atoms with van der Waals surface area (Å²) in [6.07, 6.45) is 28.0. The van der Waals surface area contributed by atoms with Gasteiger partial charge < -0.3 is 15.3 Å². The van der Waals surface area contributed by atoms with Crippen molar-refractivity contribution >= 4 is 11.9 Å². The van der Waals surface area contributed by atoms with Crippen LogP contribution >= 0.6 is 0 Å². The van der Waals surface area contributed by atoms with Gasteiger partial charge in [-0.1, -0.05) is 89.2 Å². The predicted octanol–water partition coefficient (Wildman–Crippen LogP) is 7.08. The zero-order valence-electron chi connectivity index (χ0n) is 26.6. The highest BCUT2D eigenvalue weighted by molar-refractivity contribution is 5.93. The number of aliphatic hydroxyl groups is 1. The van der Waals surface area contributed by atoms with Crippen LogP contribution < -0.4 is 0 Å². The summed E-state index contributed by atoms with van der Waals surface area (Å²) in [7, 11) is 0. The van der Waals surface area contributed by atoms with Crippen molar-refractivity contribution in [1.82, 2.24) is 9.80 Å². The summed E-state index contributed by atoms with van der Waals surface area (Å²) >= 11 is 0. The van der Waals surface area contributed by atoms with Crippen LogP contribution in [-0.4, -0.2) is 79.9 Å². The Bertz CT molecular complexity index is 950. The van der Waals surface area contributed by atoms with E-state index in [4.69, 9.17) is 0 Å². The lowest BCUT2D eigenvalue weighted by molar-refractivity contribution is -0.148. The minimum absolute atomic E-state index is 0.106. The number of hydrogen-bond donors (Lipinski definition) is 3. The molecular formula is C36H58N2O5. The van der Waals surface area contributed by atoms with E-state index in [-0.39, 0.29) is 12.0 Å².